The van der Waals surface area contributed by atoms with Crippen LogP contribution in [0.4, 0.5) is 4.39 Å². The van der Waals surface area contributed by atoms with Crippen molar-refractivity contribution in [2.24, 2.45) is 0 Å². The Morgan fingerprint density at radius 1 is 1.29 bits per heavy atom. The summed E-state index contributed by atoms with van der Waals surface area (Å²) < 4.78 is 15.3. The van der Waals surface area contributed by atoms with E-state index in [4.69, 9.17) is 0 Å². The van der Waals surface area contributed by atoms with Gasteiger partial charge < -0.3 is 4.90 Å². The standard InChI is InChI=1S/C18H23FN4O/c19-16-7-4-6-15(12-16)17-8-2-1-3-11-23(17)18(24)9-5-10-22-14-20-13-21-22/h4,6-7,12-14,17H,1-3,5,8-11H2. The summed E-state index contributed by atoms with van der Waals surface area (Å²) in [6.45, 7) is 1.44. The second-order valence-electron chi connectivity index (χ2n) is 6.27. The van der Waals surface area contributed by atoms with E-state index >= 15 is 0 Å². The zero-order valence-electron chi connectivity index (χ0n) is 13.8. The summed E-state index contributed by atoms with van der Waals surface area (Å²) in [6.07, 6.45) is 8.47. The zero-order chi connectivity index (χ0) is 16.8. The normalized spacial score (nSPS) is 18.4. The van der Waals surface area contributed by atoms with Crippen LogP contribution in [0.3, 0.4) is 0 Å². The van der Waals surface area contributed by atoms with Gasteiger partial charge in [-0.05, 0) is 37.0 Å². The third-order valence-corrected chi connectivity index (χ3v) is 4.55. The average molecular weight is 330 g/mol. The Morgan fingerprint density at radius 3 is 3.00 bits per heavy atom. The van der Waals surface area contributed by atoms with Gasteiger partial charge in [0.25, 0.3) is 0 Å². The maximum Gasteiger partial charge on any atom is 0.223 e. The van der Waals surface area contributed by atoms with Crippen molar-refractivity contribution in [1.82, 2.24) is 19.7 Å². The Bertz CT molecular complexity index is 659. The third-order valence-electron chi connectivity index (χ3n) is 4.55. The first-order chi connectivity index (χ1) is 11.7. The fourth-order valence-electron chi connectivity index (χ4n) is 3.35. The van der Waals surface area contributed by atoms with Crippen LogP contribution in [0.1, 0.15) is 50.1 Å². The van der Waals surface area contributed by atoms with E-state index in [2.05, 4.69) is 10.1 Å². The molecule has 1 unspecified atom stereocenters. The smallest absolute Gasteiger partial charge is 0.223 e. The number of likely N-dealkylation sites (tertiary alicyclic amines) is 1. The Labute approximate surface area is 141 Å². The van der Waals surface area contributed by atoms with E-state index in [1.165, 1.54) is 12.4 Å². The fourth-order valence-corrected chi connectivity index (χ4v) is 3.35. The molecular formula is C18H23FN4O. The van der Waals surface area contributed by atoms with E-state index in [1.54, 1.807) is 23.1 Å². The first-order valence-electron chi connectivity index (χ1n) is 8.61. The van der Waals surface area contributed by atoms with Gasteiger partial charge in [-0.2, -0.15) is 5.10 Å². The summed E-state index contributed by atoms with van der Waals surface area (Å²) in [7, 11) is 0. The first-order valence-corrected chi connectivity index (χ1v) is 8.61. The minimum atomic E-state index is -0.240. The van der Waals surface area contributed by atoms with Crippen molar-refractivity contribution in [1.29, 1.82) is 0 Å². The highest BCUT2D eigenvalue weighted by Crippen LogP contribution is 2.31. The van der Waals surface area contributed by atoms with Crippen LogP contribution in [-0.4, -0.2) is 32.1 Å². The summed E-state index contributed by atoms with van der Waals surface area (Å²) >= 11 is 0. The number of halogens is 1. The minimum absolute atomic E-state index is 0.0120. The molecule has 3 rings (SSSR count). The van der Waals surface area contributed by atoms with Gasteiger partial charge in [-0.1, -0.05) is 25.0 Å². The lowest BCUT2D eigenvalue weighted by molar-refractivity contribution is -0.133. The van der Waals surface area contributed by atoms with Crippen molar-refractivity contribution in [2.45, 2.75) is 51.1 Å². The van der Waals surface area contributed by atoms with Crippen LogP contribution in [0.5, 0.6) is 0 Å². The maximum absolute atomic E-state index is 13.6. The SMILES string of the molecule is O=C(CCCn1cncn1)N1CCCCCC1c1cccc(F)c1. The van der Waals surface area contributed by atoms with Crippen LogP contribution in [0, 0.1) is 5.82 Å². The average Bonchev–Trinajstić information content (AvgIpc) is 2.97. The Kier molecular flexibility index (Phi) is 5.56. The second kappa shape index (κ2) is 8.04. The third kappa shape index (κ3) is 4.19. The number of carbonyl (C=O) groups is 1. The highest BCUT2D eigenvalue weighted by atomic mass is 19.1. The van der Waals surface area contributed by atoms with Crippen molar-refractivity contribution in [3.05, 3.63) is 48.3 Å². The molecule has 0 spiro atoms. The van der Waals surface area contributed by atoms with Gasteiger partial charge in [0, 0.05) is 19.5 Å². The van der Waals surface area contributed by atoms with E-state index in [9.17, 15) is 9.18 Å². The molecule has 1 fully saturated rings. The van der Waals surface area contributed by atoms with E-state index in [0.29, 0.717) is 13.0 Å². The number of carbonyl (C=O) groups excluding carboxylic acids is 1. The van der Waals surface area contributed by atoms with Crippen molar-refractivity contribution in [3.63, 3.8) is 0 Å². The van der Waals surface area contributed by atoms with Crippen molar-refractivity contribution < 1.29 is 9.18 Å². The summed E-state index contributed by atoms with van der Waals surface area (Å²) in [6, 6.07) is 6.65. The molecule has 0 saturated carbocycles. The van der Waals surface area contributed by atoms with E-state index in [0.717, 1.165) is 44.2 Å². The van der Waals surface area contributed by atoms with Crippen molar-refractivity contribution in [3.8, 4) is 0 Å². The quantitative estimate of drug-likeness (QED) is 0.845. The molecule has 1 aromatic carbocycles. The maximum atomic E-state index is 13.6. The van der Waals surface area contributed by atoms with Gasteiger partial charge in [0.2, 0.25) is 5.91 Å². The Hall–Kier alpha value is -2.24. The fraction of sp³-hybridized carbons (Fsp3) is 0.500. The number of amides is 1. The lowest BCUT2D eigenvalue weighted by Gasteiger charge is -2.30. The minimum Gasteiger partial charge on any atom is -0.336 e. The van der Waals surface area contributed by atoms with Gasteiger partial charge >= 0.3 is 0 Å². The second-order valence-corrected chi connectivity index (χ2v) is 6.27. The number of rotatable bonds is 5. The van der Waals surface area contributed by atoms with Gasteiger partial charge in [-0.25, -0.2) is 9.37 Å². The summed E-state index contributed by atoms with van der Waals surface area (Å²) in [5, 5.41) is 4.05. The van der Waals surface area contributed by atoms with Gasteiger partial charge in [-0.3, -0.25) is 9.48 Å². The molecule has 0 aliphatic carbocycles. The molecule has 24 heavy (non-hydrogen) atoms. The molecule has 1 aliphatic rings. The number of hydrogen-bond acceptors (Lipinski definition) is 3. The molecule has 1 saturated heterocycles. The number of aromatic nitrogens is 3. The van der Waals surface area contributed by atoms with Gasteiger partial charge in [0.1, 0.15) is 18.5 Å². The van der Waals surface area contributed by atoms with Gasteiger partial charge in [0.15, 0.2) is 0 Å². The molecule has 2 aromatic rings. The molecule has 128 valence electrons. The molecule has 1 atom stereocenters. The van der Waals surface area contributed by atoms with Crippen LogP contribution in [0.25, 0.3) is 0 Å². The molecule has 5 nitrogen and oxygen atoms in total. The monoisotopic (exact) mass is 330 g/mol. The summed E-state index contributed by atoms with van der Waals surface area (Å²) in [5.41, 5.74) is 0.904. The van der Waals surface area contributed by atoms with E-state index in [-0.39, 0.29) is 17.8 Å². The number of nitrogens with zero attached hydrogens (tertiary/aromatic N) is 4. The van der Waals surface area contributed by atoms with Crippen LogP contribution in [0.15, 0.2) is 36.9 Å². The zero-order valence-corrected chi connectivity index (χ0v) is 13.8. The summed E-state index contributed by atoms with van der Waals surface area (Å²) in [5.74, 6) is -0.0957. The van der Waals surface area contributed by atoms with E-state index < -0.39 is 0 Å². The van der Waals surface area contributed by atoms with Crippen LogP contribution in [-0.2, 0) is 11.3 Å². The predicted octanol–water partition coefficient (Wildman–Crippen LogP) is 3.34. The Balaban J connectivity index is 1.66. The van der Waals surface area contributed by atoms with E-state index in [1.807, 2.05) is 11.0 Å². The van der Waals surface area contributed by atoms with Gasteiger partial charge in [0.05, 0.1) is 6.04 Å². The van der Waals surface area contributed by atoms with Gasteiger partial charge in [-0.15, -0.1) is 0 Å². The molecule has 1 aromatic heterocycles. The molecule has 2 heterocycles. The van der Waals surface area contributed by atoms with Crippen LogP contribution < -0.4 is 0 Å². The molecular weight excluding hydrogens is 307 g/mol. The number of benzene rings is 1. The topological polar surface area (TPSA) is 51.0 Å². The van der Waals surface area contributed by atoms with Crippen LogP contribution >= 0.6 is 0 Å². The molecule has 0 N–H and O–H groups in total. The highest BCUT2D eigenvalue weighted by Gasteiger charge is 2.26. The Morgan fingerprint density at radius 2 is 2.21 bits per heavy atom. The molecule has 0 radical (unpaired) electrons. The van der Waals surface area contributed by atoms with Crippen molar-refractivity contribution >= 4 is 5.91 Å². The molecule has 6 heteroatoms. The number of aryl methyl sites for hydroxylation is 1. The molecule has 0 bridgehead atoms. The lowest BCUT2D eigenvalue weighted by Crippen LogP contribution is -2.34. The lowest BCUT2D eigenvalue weighted by atomic mass is 10.00. The highest BCUT2D eigenvalue weighted by molar-refractivity contribution is 5.76. The first kappa shape index (κ1) is 16.6. The molecule has 1 amide bonds. The van der Waals surface area contributed by atoms with Crippen molar-refractivity contribution in [2.75, 3.05) is 6.54 Å². The van der Waals surface area contributed by atoms with Crippen LogP contribution in [0.2, 0.25) is 0 Å². The number of hydrogen-bond donors (Lipinski definition) is 0. The molecule has 1 aliphatic heterocycles. The summed E-state index contributed by atoms with van der Waals surface area (Å²) in [4.78, 5) is 18.6. The predicted molar refractivity (Wildman–Crippen MR) is 88.6 cm³/mol. The largest absolute Gasteiger partial charge is 0.336 e.